The predicted octanol–water partition coefficient (Wildman–Crippen LogP) is 8.78. The van der Waals surface area contributed by atoms with E-state index in [1.165, 1.54) is 77.0 Å². The Labute approximate surface area is 268 Å². The Morgan fingerprint density at radius 2 is 0.514 bits per heavy atom. The summed E-state index contributed by atoms with van der Waals surface area (Å²) in [6, 6.07) is 0. The standard InChI is InChI=1S/4C8H18O.Ce/c4*1-3-5-6-8(4-2)7-9;/h4*8-9H,3-7H2,1-2H3;. The minimum absolute atomic E-state index is 0. The van der Waals surface area contributed by atoms with Gasteiger partial charge in [0.1, 0.15) is 0 Å². The Bertz CT molecular complexity index is 265. The Morgan fingerprint density at radius 3 is 0.595 bits per heavy atom. The quantitative estimate of drug-likeness (QED) is 0.105. The number of aliphatic hydroxyl groups excluding tert-OH is 4. The summed E-state index contributed by atoms with van der Waals surface area (Å²) in [5.41, 5.74) is 0. The maximum Gasteiger partial charge on any atom is 0.0459 e. The van der Waals surface area contributed by atoms with E-state index in [-0.39, 0.29) is 41.7 Å². The molecule has 4 nitrogen and oxygen atoms in total. The van der Waals surface area contributed by atoms with Gasteiger partial charge < -0.3 is 20.4 Å². The van der Waals surface area contributed by atoms with Crippen LogP contribution in [0.15, 0.2) is 0 Å². The van der Waals surface area contributed by atoms with Crippen LogP contribution < -0.4 is 0 Å². The molecular weight excluding hydrogens is 588 g/mol. The van der Waals surface area contributed by atoms with E-state index >= 15 is 0 Å². The van der Waals surface area contributed by atoms with Gasteiger partial charge in [-0.2, -0.15) is 0 Å². The van der Waals surface area contributed by atoms with Crippen LogP contribution in [-0.4, -0.2) is 46.9 Å². The first-order valence-electron chi connectivity index (χ1n) is 15.8. The molecule has 0 fully saturated rings. The number of hydrogen-bond donors (Lipinski definition) is 4. The summed E-state index contributed by atoms with van der Waals surface area (Å²) in [4.78, 5) is 0. The van der Waals surface area contributed by atoms with Crippen LogP contribution in [0.4, 0.5) is 0 Å². The fraction of sp³-hybridized carbons (Fsp3) is 1.00. The van der Waals surface area contributed by atoms with Crippen molar-refractivity contribution < 1.29 is 62.2 Å². The molecule has 0 radical (unpaired) electrons. The topological polar surface area (TPSA) is 80.9 Å². The monoisotopic (exact) mass is 660 g/mol. The Balaban J connectivity index is -0.000000122. The van der Waals surface area contributed by atoms with Crippen molar-refractivity contribution in [1.29, 1.82) is 0 Å². The van der Waals surface area contributed by atoms with Crippen LogP contribution >= 0.6 is 0 Å². The van der Waals surface area contributed by atoms with E-state index in [1.54, 1.807) is 0 Å². The molecule has 5 heteroatoms. The first-order chi connectivity index (χ1) is 17.4. The van der Waals surface area contributed by atoms with Crippen LogP contribution in [0.1, 0.15) is 158 Å². The third kappa shape index (κ3) is 41.8. The molecule has 4 N–H and O–H groups in total. The SMILES string of the molecule is CCCCC(CC)CO.CCCCC(CC)CO.CCCCC(CC)CO.CCCCC(CC)CO.[Ce]. The van der Waals surface area contributed by atoms with E-state index in [9.17, 15) is 0 Å². The fourth-order valence-electron chi connectivity index (χ4n) is 3.67. The van der Waals surface area contributed by atoms with E-state index in [0.29, 0.717) is 50.1 Å². The molecule has 0 aromatic heterocycles. The van der Waals surface area contributed by atoms with Crippen LogP contribution in [0.3, 0.4) is 0 Å². The molecule has 0 saturated carbocycles. The molecule has 4 atom stereocenters. The van der Waals surface area contributed by atoms with Crippen molar-refractivity contribution in [2.75, 3.05) is 26.4 Å². The predicted molar refractivity (Wildman–Crippen MR) is 162 cm³/mol. The number of unbranched alkanes of at least 4 members (excludes halogenated alkanes) is 4. The van der Waals surface area contributed by atoms with Gasteiger partial charge >= 0.3 is 0 Å². The summed E-state index contributed by atoms with van der Waals surface area (Å²) < 4.78 is 0. The molecule has 0 aromatic rings. The summed E-state index contributed by atoms with van der Waals surface area (Å²) in [5, 5.41) is 35.0. The molecule has 37 heavy (non-hydrogen) atoms. The molecule has 0 aliphatic rings. The Hall–Kier alpha value is 1.22. The van der Waals surface area contributed by atoms with Gasteiger partial charge in [-0.1, -0.05) is 132 Å². The fourth-order valence-corrected chi connectivity index (χ4v) is 3.67. The van der Waals surface area contributed by atoms with E-state index in [2.05, 4.69) is 55.4 Å². The summed E-state index contributed by atoms with van der Waals surface area (Å²) >= 11 is 0. The average molecular weight is 661 g/mol. The van der Waals surface area contributed by atoms with Crippen LogP contribution in [0.2, 0.25) is 0 Å². The van der Waals surface area contributed by atoms with Crippen molar-refractivity contribution in [3.05, 3.63) is 0 Å². The van der Waals surface area contributed by atoms with Crippen LogP contribution in [0.25, 0.3) is 0 Å². The molecule has 0 aliphatic heterocycles. The molecule has 228 valence electrons. The van der Waals surface area contributed by atoms with Crippen molar-refractivity contribution in [2.24, 2.45) is 23.7 Å². The number of rotatable bonds is 20. The van der Waals surface area contributed by atoms with Crippen molar-refractivity contribution in [3.8, 4) is 0 Å². The molecule has 0 amide bonds. The van der Waals surface area contributed by atoms with Crippen LogP contribution in [-0.2, 0) is 0 Å². The normalized spacial score (nSPS) is 13.3. The first-order valence-corrected chi connectivity index (χ1v) is 15.8. The van der Waals surface area contributed by atoms with Gasteiger partial charge in [0.05, 0.1) is 0 Å². The second-order valence-corrected chi connectivity index (χ2v) is 10.4. The van der Waals surface area contributed by atoms with E-state index in [0.717, 1.165) is 25.7 Å². The molecule has 0 spiro atoms. The van der Waals surface area contributed by atoms with E-state index in [4.69, 9.17) is 20.4 Å². The third-order valence-electron chi connectivity index (χ3n) is 7.21. The van der Waals surface area contributed by atoms with Crippen LogP contribution in [0, 0.1) is 65.4 Å². The third-order valence-corrected chi connectivity index (χ3v) is 7.21. The molecule has 0 rings (SSSR count). The number of aliphatic hydroxyl groups is 4. The van der Waals surface area contributed by atoms with Crippen LogP contribution in [0.5, 0.6) is 0 Å². The zero-order valence-electron chi connectivity index (χ0n) is 26.7. The second kappa shape index (κ2) is 44.2. The zero-order valence-corrected chi connectivity index (χ0v) is 29.9. The molecule has 0 saturated heterocycles. The van der Waals surface area contributed by atoms with Crippen molar-refractivity contribution in [3.63, 3.8) is 0 Å². The van der Waals surface area contributed by atoms with Gasteiger partial charge in [-0.3, -0.25) is 0 Å². The smallest absolute Gasteiger partial charge is 0.0459 e. The average Bonchev–Trinajstić information content (AvgIpc) is 2.92. The van der Waals surface area contributed by atoms with E-state index < -0.39 is 0 Å². The molecular formula is C32H72CeO4. The van der Waals surface area contributed by atoms with Gasteiger partial charge in [0, 0.05) is 68.2 Å². The molecule has 0 aromatic carbocycles. The van der Waals surface area contributed by atoms with Gasteiger partial charge in [-0.15, -0.1) is 0 Å². The molecule has 0 heterocycles. The maximum absolute atomic E-state index is 8.75. The maximum atomic E-state index is 8.75. The van der Waals surface area contributed by atoms with Gasteiger partial charge in [0.25, 0.3) is 0 Å². The largest absolute Gasteiger partial charge is 0.396 e. The van der Waals surface area contributed by atoms with Gasteiger partial charge in [-0.25, -0.2) is 0 Å². The van der Waals surface area contributed by atoms with E-state index in [1.807, 2.05) is 0 Å². The van der Waals surface area contributed by atoms with Gasteiger partial charge in [0.2, 0.25) is 0 Å². The second-order valence-electron chi connectivity index (χ2n) is 10.4. The molecule has 0 aliphatic carbocycles. The summed E-state index contributed by atoms with van der Waals surface area (Å²) in [6.45, 7) is 18.8. The molecule has 0 bridgehead atoms. The first kappa shape index (κ1) is 48.0. The van der Waals surface area contributed by atoms with Crippen molar-refractivity contribution in [1.82, 2.24) is 0 Å². The summed E-state index contributed by atoms with van der Waals surface area (Å²) in [6.07, 6.45) is 19.3. The minimum Gasteiger partial charge on any atom is -0.396 e. The van der Waals surface area contributed by atoms with Gasteiger partial charge in [-0.05, 0) is 49.4 Å². The Kier molecular flexibility index (Phi) is 57.4. The summed E-state index contributed by atoms with van der Waals surface area (Å²) in [5.74, 6) is 2.24. The van der Waals surface area contributed by atoms with Crippen molar-refractivity contribution in [2.45, 2.75) is 158 Å². The molecule has 4 unspecified atom stereocenters. The number of hydrogen-bond acceptors (Lipinski definition) is 4. The Morgan fingerprint density at radius 1 is 0.351 bits per heavy atom. The zero-order chi connectivity index (χ0) is 28.5. The summed E-state index contributed by atoms with van der Waals surface area (Å²) in [7, 11) is 0. The van der Waals surface area contributed by atoms with Gasteiger partial charge in [0.15, 0.2) is 0 Å². The minimum atomic E-state index is 0. The van der Waals surface area contributed by atoms with Crippen molar-refractivity contribution >= 4 is 0 Å².